The van der Waals surface area contributed by atoms with E-state index in [1.54, 1.807) is 11.3 Å². The summed E-state index contributed by atoms with van der Waals surface area (Å²) in [6.07, 6.45) is 7.36. The molecule has 1 aliphatic rings. The monoisotopic (exact) mass is 327 g/mol. The molecule has 0 radical (unpaired) electrons. The maximum absolute atomic E-state index is 11.9. The summed E-state index contributed by atoms with van der Waals surface area (Å²) in [5, 5.41) is 7.85. The predicted molar refractivity (Wildman–Crippen MR) is 91.4 cm³/mol. The molecule has 0 saturated heterocycles. The first-order valence-corrected chi connectivity index (χ1v) is 9.75. The maximum Gasteiger partial charge on any atom is 0.315 e. The Morgan fingerprint density at radius 1 is 1.48 bits per heavy atom. The van der Waals surface area contributed by atoms with E-state index < -0.39 is 0 Å². The van der Waals surface area contributed by atoms with Crippen LogP contribution in [-0.4, -0.2) is 35.1 Å². The second-order valence-electron chi connectivity index (χ2n) is 5.48. The van der Waals surface area contributed by atoms with Crippen molar-refractivity contribution >= 4 is 29.1 Å². The van der Waals surface area contributed by atoms with E-state index in [4.69, 9.17) is 0 Å². The molecule has 1 fully saturated rings. The second kappa shape index (κ2) is 8.03. The lowest BCUT2D eigenvalue weighted by Crippen LogP contribution is -2.41. The first-order valence-electron chi connectivity index (χ1n) is 7.64. The largest absolute Gasteiger partial charge is 0.338 e. The molecule has 4 nitrogen and oxygen atoms in total. The lowest BCUT2D eigenvalue weighted by atomic mass is 10.2. The number of nitrogens with zero attached hydrogens (tertiary/aromatic N) is 1. The van der Waals surface area contributed by atoms with Crippen molar-refractivity contribution in [3.8, 4) is 0 Å². The Hall–Kier alpha value is -0.750. The number of hydrogen-bond donors (Lipinski definition) is 2. The van der Waals surface area contributed by atoms with Gasteiger partial charge in [0.1, 0.15) is 0 Å². The van der Waals surface area contributed by atoms with Crippen molar-refractivity contribution in [1.29, 1.82) is 0 Å². The van der Waals surface area contributed by atoms with Crippen LogP contribution in [0.3, 0.4) is 0 Å². The number of thiazole rings is 1. The summed E-state index contributed by atoms with van der Waals surface area (Å²) in [6, 6.07) is 0.307. The third kappa shape index (κ3) is 4.88. The molecule has 2 atom stereocenters. The first-order chi connectivity index (χ1) is 10.1. The normalized spacial score (nSPS) is 21.5. The van der Waals surface area contributed by atoms with E-state index in [0.29, 0.717) is 17.8 Å². The topological polar surface area (TPSA) is 54.0 Å². The molecule has 6 heteroatoms. The van der Waals surface area contributed by atoms with Crippen molar-refractivity contribution in [2.75, 3.05) is 12.8 Å². The van der Waals surface area contributed by atoms with Gasteiger partial charge in [-0.3, -0.25) is 0 Å². The molecule has 21 heavy (non-hydrogen) atoms. The molecule has 2 N–H and O–H groups in total. The van der Waals surface area contributed by atoms with Crippen LogP contribution in [0.15, 0.2) is 0 Å². The van der Waals surface area contributed by atoms with Gasteiger partial charge in [0, 0.05) is 29.1 Å². The van der Waals surface area contributed by atoms with Crippen molar-refractivity contribution in [1.82, 2.24) is 15.6 Å². The Bertz CT molecular complexity index is 475. The number of carbonyl (C=O) groups excluding carboxylic acids is 1. The van der Waals surface area contributed by atoms with E-state index in [1.165, 1.54) is 17.0 Å². The molecule has 2 rings (SSSR count). The van der Waals surface area contributed by atoms with Crippen LogP contribution in [0, 0.1) is 6.92 Å². The zero-order valence-corrected chi connectivity index (χ0v) is 14.7. The lowest BCUT2D eigenvalue weighted by Gasteiger charge is -2.13. The minimum atomic E-state index is -0.0363. The minimum Gasteiger partial charge on any atom is -0.338 e. The number of aromatic nitrogens is 1. The standard InChI is InChI=1S/C15H25N3OS2/c1-4-13-10(2)21-14(18-13)7-8-16-15(19)17-11-5-6-12(9-11)20-3/h11-12H,4-9H2,1-3H3,(H2,16,17,19)/t11-,12+/m0/s1. The highest BCUT2D eigenvalue weighted by Crippen LogP contribution is 2.28. The Morgan fingerprint density at radius 3 is 2.90 bits per heavy atom. The number of aryl methyl sites for hydroxylation is 2. The van der Waals surface area contributed by atoms with E-state index >= 15 is 0 Å². The summed E-state index contributed by atoms with van der Waals surface area (Å²) >= 11 is 3.65. The van der Waals surface area contributed by atoms with Crippen LogP contribution < -0.4 is 10.6 Å². The summed E-state index contributed by atoms with van der Waals surface area (Å²) < 4.78 is 0. The molecule has 1 saturated carbocycles. The number of hydrogen-bond acceptors (Lipinski definition) is 4. The fourth-order valence-electron chi connectivity index (χ4n) is 2.73. The third-order valence-corrected chi connectivity index (χ3v) is 6.12. The van der Waals surface area contributed by atoms with Crippen molar-refractivity contribution in [3.63, 3.8) is 0 Å². The van der Waals surface area contributed by atoms with Crippen LogP contribution in [-0.2, 0) is 12.8 Å². The fourth-order valence-corrected chi connectivity index (χ4v) is 4.55. The van der Waals surface area contributed by atoms with E-state index in [-0.39, 0.29) is 6.03 Å². The molecule has 1 aromatic heterocycles. The molecule has 118 valence electrons. The van der Waals surface area contributed by atoms with Crippen LogP contribution in [0.1, 0.15) is 41.8 Å². The van der Waals surface area contributed by atoms with Crippen molar-refractivity contribution in [2.45, 2.75) is 57.2 Å². The molecule has 1 aliphatic carbocycles. The Balaban J connectivity index is 1.67. The van der Waals surface area contributed by atoms with Gasteiger partial charge in [-0.25, -0.2) is 9.78 Å². The van der Waals surface area contributed by atoms with Gasteiger partial charge < -0.3 is 10.6 Å². The van der Waals surface area contributed by atoms with Crippen LogP contribution >= 0.6 is 23.1 Å². The van der Waals surface area contributed by atoms with Gasteiger partial charge in [-0.2, -0.15) is 11.8 Å². The van der Waals surface area contributed by atoms with Gasteiger partial charge in [0.05, 0.1) is 10.7 Å². The van der Waals surface area contributed by atoms with Gasteiger partial charge >= 0.3 is 6.03 Å². The number of rotatable bonds is 6. The lowest BCUT2D eigenvalue weighted by molar-refractivity contribution is 0.237. The SMILES string of the molecule is CCc1nc(CCNC(=O)N[C@H]2CC[C@@H](SC)C2)sc1C. The van der Waals surface area contributed by atoms with Crippen LogP contribution in [0.4, 0.5) is 4.79 Å². The van der Waals surface area contributed by atoms with Crippen LogP contribution in [0.2, 0.25) is 0 Å². The molecule has 1 heterocycles. The highest BCUT2D eigenvalue weighted by Gasteiger charge is 2.24. The smallest absolute Gasteiger partial charge is 0.315 e. The van der Waals surface area contributed by atoms with Crippen molar-refractivity contribution < 1.29 is 4.79 Å². The molecular weight excluding hydrogens is 302 g/mol. The molecule has 0 unspecified atom stereocenters. The molecule has 0 aromatic carbocycles. The average Bonchev–Trinajstić information content (AvgIpc) is 3.05. The number of nitrogens with one attached hydrogen (secondary N) is 2. The summed E-state index contributed by atoms with van der Waals surface area (Å²) in [5.74, 6) is 0. The van der Waals surface area contributed by atoms with Gasteiger partial charge in [-0.15, -0.1) is 11.3 Å². The van der Waals surface area contributed by atoms with E-state index in [9.17, 15) is 4.79 Å². The molecule has 0 spiro atoms. The van der Waals surface area contributed by atoms with Gasteiger partial charge in [0.25, 0.3) is 0 Å². The first kappa shape index (κ1) is 16.6. The van der Waals surface area contributed by atoms with Crippen molar-refractivity contribution in [2.24, 2.45) is 0 Å². The average molecular weight is 328 g/mol. The highest BCUT2D eigenvalue weighted by atomic mass is 32.2. The molecule has 2 amide bonds. The number of thioether (sulfide) groups is 1. The summed E-state index contributed by atoms with van der Waals surface area (Å²) in [6.45, 7) is 4.89. The van der Waals surface area contributed by atoms with Gasteiger partial charge in [0.2, 0.25) is 0 Å². The zero-order chi connectivity index (χ0) is 15.2. The van der Waals surface area contributed by atoms with Gasteiger partial charge in [-0.05, 0) is 38.9 Å². The molecule has 0 aliphatic heterocycles. The fraction of sp³-hybridized carbons (Fsp3) is 0.733. The Kier molecular flexibility index (Phi) is 6.36. The summed E-state index contributed by atoms with van der Waals surface area (Å²) in [5.41, 5.74) is 1.19. The van der Waals surface area contributed by atoms with E-state index in [1.807, 2.05) is 11.8 Å². The number of urea groups is 1. The zero-order valence-electron chi connectivity index (χ0n) is 13.1. The van der Waals surface area contributed by atoms with Crippen LogP contribution in [0.25, 0.3) is 0 Å². The van der Waals surface area contributed by atoms with E-state index in [2.05, 4.69) is 35.7 Å². The number of carbonyl (C=O) groups is 1. The molecule has 1 aromatic rings. The predicted octanol–water partition coefficient (Wildman–Crippen LogP) is 3.14. The van der Waals surface area contributed by atoms with E-state index in [0.717, 1.165) is 30.7 Å². The Morgan fingerprint density at radius 2 is 2.29 bits per heavy atom. The molecule has 0 bridgehead atoms. The summed E-state index contributed by atoms with van der Waals surface area (Å²) in [7, 11) is 0. The quantitative estimate of drug-likeness (QED) is 0.844. The molecular formula is C15H25N3OS2. The Labute approximate surface area is 135 Å². The minimum absolute atomic E-state index is 0.0363. The highest BCUT2D eigenvalue weighted by molar-refractivity contribution is 7.99. The third-order valence-electron chi connectivity index (χ3n) is 3.95. The maximum atomic E-state index is 11.9. The second-order valence-corrected chi connectivity index (χ2v) is 7.91. The van der Waals surface area contributed by atoms with Crippen molar-refractivity contribution in [3.05, 3.63) is 15.6 Å². The summed E-state index contributed by atoms with van der Waals surface area (Å²) in [4.78, 5) is 17.8. The van der Waals surface area contributed by atoms with Crippen LogP contribution in [0.5, 0.6) is 0 Å². The van der Waals surface area contributed by atoms with Gasteiger partial charge in [0.15, 0.2) is 0 Å². The number of amides is 2. The van der Waals surface area contributed by atoms with Gasteiger partial charge in [-0.1, -0.05) is 6.92 Å².